The standard InChI is InChI=1S/C22H25NO3S/c1-14-9-10-17-18(13-27-20(17)11-14)22(25)26-12-21(24)23-19-8-4-6-15-5-2-3-7-16(15)19/h2-3,5,7,13-14,19H,4,6,8-12H2,1H3,(H,23,24)/t14-,19-/m0/s1. The maximum absolute atomic E-state index is 12.5. The first-order chi connectivity index (χ1) is 13.1. The molecule has 0 saturated heterocycles. The summed E-state index contributed by atoms with van der Waals surface area (Å²) in [5.41, 5.74) is 4.26. The fourth-order valence-electron chi connectivity index (χ4n) is 4.20. The number of nitrogens with one attached hydrogen (secondary N) is 1. The van der Waals surface area contributed by atoms with Gasteiger partial charge in [0, 0.05) is 10.3 Å². The summed E-state index contributed by atoms with van der Waals surface area (Å²) in [7, 11) is 0. The Morgan fingerprint density at radius 1 is 1.22 bits per heavy atom. The smallest absolute Gasteiger partial charge is 0.339 e. The number of benzene rings is 1. The van der Waals surface area contributed by atoms with Crippen LogP contribution in [-0.2, 0) is 28.8 Å². The van der Waals surface area contributed by atoms with Gasteiger partial charge in [-0.1, -0.05) is 31.2 Å². The molecule has 1 amide bonds. The molecule has 1 heterocycles. The summed E-state index contributed by atoms with van der Waals surface area (Å²) in [5.74, 6) is 0.0631. The molecule has 0 bridgehead atoms. The van der Waals surface area contributed by atoms with E-state index in [1.54, 1.807) is 11.3 Å². The lowest BCUT2D eigenvalue weighted by molar-refractivity contribution is -0.125. The minimum Gasteiger partial charge on any atom is -0.452 e. The van der Waals surface area contributed by atoms with Crippen molar-refractivity contribution in [3.8, 4) is 0 Å². The number of esters is 1. The molecule has 4 rings (SSSR count). The van der Waals surface area contributed by atoms with E-state index in [0.29, 0.717) is 11.5 Å². The van der Waals surface area contributed by atoms with Gasteiger partial charge in [-0.3, -0.25) is 4.79 Å². The molecule has 0 fully saturated rings. The van der Waals surface area contributed by atoms with Gasteiger partial charge in [-0.15, -0.1) is 11.3 Å². The monoisotopic (exact) mass is 383 g/mol. The average molecular weight is 384 g/mol. The van der Waals surface area contributed by atoms with E-state index in [4.69, 9.17) is 4.74 Å². The van der Waals surface area contributed by atoms with E-state index in [1.807, 2.05) is 17.5 Å². The number of ether oxygens (including phenoxy) is 1. The second-order valence-corrected chi connectivity index (χ2v) is 8.65. The highest BCUT2D eigenvalue weighted by Crippen LogP contribution is 2.33. The zero-order valence-electron chi connectivity index (χ0n) is 15.6. The van der Waals surface area contributed by atoms with Crippen LogP contribution < -0.4 is 5.32 Å². The Morgan fingerprint density at radius 3 is 2.96 bits per heavy atom. The summed E-state index contributed by atoms with van der Waals surface area (Å²) in [4.78, 5) is 26.1. The van der Waals surface area contributed by atoms with Crippen molar-refractivity contribution in [2.75, 3.05) is 6.61 Å². The number of thiophene rings is 1. The van der Waals surface area contributed by atoms with Crippen molar-refractivity contribution in [2.24, 2.45) is 5.92 Å². The number of aryl methyl sites for hydroxylation is 1. The van der Waals surface area contributed by atoms with Crippen molar-refractivity contribution in [2.45, 2.75) is 51.5 Å². The van der Waals surface area contributed by atoms with Gasteiger partial charge in [0.05, 0.1) is 11.6 Å². The first-order valence-corrected chi connectivity index (χ1v) is 10.6. The number of hydrogen-bond acceptors (Lipinski definition) is 4. The summed E-state index contributed by atoms with van der Waals surface area (Å²) in [6.07, 6.45) is 6.10. The van der Waals surface area contributed by atoms with Gasteiger partial charge in [0.15, 0.2) is 6.61 Å². The van der Waals surface area contributed by atoms with Crippen LogP contribution in [0.1, 0.15) is 64.2 Å². The Kier molecular flexibility index (Phi) is 5.30. The topological polar surface area (TPSA) is 55.4 Å². The summed E-state index contributed by atoms with van der Waals surface area (Å²) < 4.78 is 5.33. The molecular formula is C22H25NO3S. The zero-order chi connectivity index (χ0) is 18.8. The van der Waals surface area contributed by atoms with Crippen molar-refractivity contribution >= 4 is 23.2 Å². The van der Waals surface area contributed by atoms with Gasteiger partial charge in [0.1, 0.15) is 0 Å². The van der Waals surface area contributed by atoms with Crippen molar-refractivity contribution in [3.63, 3.8) is 0 Å². The van der Waals surface area contributed by atoms with Crippen LogP contribution in [0, 0.1) is 5.92 Å². The van der Waals surface area contributed by atoms with Gasteiger partial charge in [-0.25, -0.2) is 4.79 Å². The molecule has 0 unspecified atom stereocenters. The highest BCUT2D eigenvalue weighted by atomic mass is 32.1. The van der Waals surface area contributed by atoms with Gasteiger partial charge in [-0.2, -0.15) is 0 Å². The second-order valence-electron chi connectivity index (χ2n) is 7.69. The normalized spacial score (nSPS) is 21.1. The minimum atomic E-state index is -0.374. The maximum Gasteiger partial charge on any atom is 0.339 e. The summed E-state index contributed by atoms with van der Waals surface area (Å²) in [5, 5.41) is 4.92. The Balaban J connectivity index is 1.34. The molecule has 1 aromatic heterocycles. The molecule has 2 aliphatic rings. The molecule has 142 valence electrons. The van der Waals surface area contributed by atoms with Crippen LogP contribution in [0.2, 0.25) is 0 Å². The summed E-state index contributed by atoms with van der Waals surface area (Å²) >= 11 is 1.64. The van der Waals surface area contributed by atoms with Gasteiger partial charge in [0.2, 0.25) is 0 Å². The van der Waals surface area contributed by atoms with Crippen LogP contribution in [0.5, 0.6) is 0 Å². The number of rotatable bonds is 4. The molecule has 0 saturated carbocycles. The molecule has 0 aliphatic heterocycles. The largest absolute Gasteiger partial charge is 0.452 e. The van der Waals surface area contributed by atoms with Crippen LogP contribution in [0.3, 0.4) is 0 Å². The lowest BCUT2D eigenvalue weighted by Gasteiger charge is -2.26. The van der Waals surface area contributed by atoms with E-state index >= 15 is 0 Å². The second kappa shape index (κ2) is 7.85. The van der Waals surface area contributed by atoms with Gasteiger partial charge in [0.25, 0.3) is 5.91 Å². The van der Waals surface area contributed by atoms with E-state index in [1.165, 1.54) is 16.0 Å². The molecule has 0 spiro atoms. The third-order valence-corrected chi connectivity index (χ3v) is 6.71. The van der Waals surface area contributed by atoms with Crippen molar-refractivity contribution in [1.29, 1.82) is 0 Å². The lowest BCUT2D eigenvalue weighted by atomic mass is 9.88. The zero-order valence-corrected chi connectivity index (χ0v) is 16.4. The Labute approximate surface area is 163 Å². The van der Waals surface area contributed by atoms with Crippen LogP contribution in [-0.4, -0.2) is 18.5 Å². The Morgan fingerprint density at radius 2 is 2.07 bits per heavy atom. The molecule has 0 radical (unpaired) electrons. The fourth-order valence-corrected chi connectivity index (χ4v) is 5.43. The summed E-state index contributed by atoms with van der Waals surface area (Å²) in [6.45, 7) is 2.02. The van der Waals surface area contributed by atoms with Crippen molar-refractivity contribution in [1.82, 2.24) is 5.32 Å². The predicted molar refractivity (Wildman–Crippen MR) is 106 cm³/mol. The highest BCUT2D eigenvalue weighted by molar-refractivity contribution is 7.10. The quantitative estimate of drug-likeness (QED) is 0.804. The van der Waals surface area contributed by atoms with Crippen LogP contribution in [0.15, 0.2) is 29.6 Å². The highest BCUT2D eigenvalue weighted by Gasteiger charge is 2.25. The molecule has 1 N–H and O–H groups in total. The molecular weight excluding hydrogens is 358 g/mol. The van der Waals surface area contributed by atoms with E-state index in [0.717, 1.165) is 44.1 Å². The van der Waals surface area contributed by atoms with E-state index < -0.39 is 0 Å². The van der Waals surface area contributed by atoms with E-state index in [9.17, 15) is 9.59 Å². The lowest BCUT2D eigenvalue weighted by Crippen LogP contribution is -2.34. The maximum atomic E-state index is 12.5. The van der Waals surface area contributed by atoms with Gasteiger partial charge in [-0.05, 0) is 61.1 Å². The van der Waals surface area contributed by atoms with Crippen LogP contribution in [0.4, 0.5) is 0 Å². The van der Waals surface area contributed by atoms with Crippen molar-refractivity contribution < 1.29 is 14.3 Å². The molecule has 2 aliphatic carbocycles. The third-order valence-electron chi connectivity index (χ3n) is 5.66. The number of carbonyl (C=O) groups excluding carboxylic acids is 2. The number of carbonyl (C=O) groups is 2. The first-order valence-electron chi connectivity index (χ1n) is 9.75. The molecule has 5 heteroatoms. The van der Waals surface area contributed by atoms with Gasteiger partial charge < -0.3 is 10.1 Å². The number of fused-ring (bicyclic) bond motifs is 2. The predicted octanol–water partition coefficient (Wildman–Crippen LogP) is 4.22. The molecule has 27 heavy (non-hydrogen) atoms. The van der Waals surface area contributed by atoms with Crippen molar-refractivity contribution in [3.05, 3.63) is 56.8 Å². The summed E-state index contributed by atoms with van der Waals surface area (Å²) in [6, 6.07) is 8.24. The third kappa shape index (κ3) is 3.93. The Hall–Kier alpha value is -2.14. The van der Waals surface area contributed by atoms with E-state index in [-0.39, 0.29) is 24.5 Å². The molecule has 1 aromatic carbocycles. The number of hydrogen-bond donors (Lipinski definition) is 1. The SMILES string of the molecule is C[C@H]1CCc2c(C(=O)OCC(=O)N[C@H]3CCCc4ccccc43)csc2C1. The van der Waals surface area contributed by atoms with E-state index in [2.05, 4.69) is 24.4 Å². The average Bonchev–Trinajstić information content (AvgIpc) is 3.09. The van der Waals surface area contributed by atoms with Crippen LogP contribution >= 0.6 is 11.3 Å². The first kappa shape index (κ1) is 18.2. The number of amides is 1. The molecule has 4 nitrogen and oxygen atoms in total. The molecule has 2 aromatic rings. The molecule has 2 atom stereocenters. The fraction of sp³-hybridized carbons (Fsp3) is 0.455. The Bertz CT molecular complexity index is 857. The van der Waals surface area contributed by atoms with Crippen LogP contribution in [0.25, 0.3) is 0 Å². The van der Waals surface area contributed by atoms with Gasteiger partial charge >= 0.3 is 5.97 Å². The minimum absolute atomic E-state index is 0.0107.